The van der Waals surface area contributed by atoms with Gasteiger partial charge >= 0.3 is 0 Å². The van der Waals surface area contributed by atoms with Gasteiger partial charge in [0.05, 0.1) is 5.02 Å². The number of aromatic nitrogens is 1. The van der Waals surface area contributed by atoms with E-state index in [9.17, 15) is 4.39 Å². The fraction of sp³-hybridized carbons (Fsp3) is 0.500. The Morgan fingerprint density at radius 2 is 2.06 bits per heavy atom. The summed E-state index contributed by atoms with van der Waals surface area (Å²) >= 11 is 5.63. The molecule has 4 nitrogen and oxygen atoms in total. The van der Waals surface area contributed by atoms with Crippen LogP contribution in [0.2, 0.25) is 5.02 Å². The van der Waals surface area contributed by atoms with Crippen molar-refractivity contribution in [1.82, 2.24) is 14.9 Å². The molecule has 1 aromatic rings. The van der Waals surface area contributed by atoms with Gasteiger partial charge in [-0.1, -0.05) is 11.6 Å². The van der Waals surface area contributed by atoms with E-state index in [1.165, 1.54) is 12.3 Å². The van der Waals surface area contributed by atoms with E-state index in [1.54, 1.807) is 0 Å². The van der Waals surface area contributed by atoms with Gasteiger partial charge in [0.25, 0.3) is 0 Å². The summed E-state index contributed by atoms with van der Waals surface area (Å²) in [6.07, 6.45) is 1.43. The molecule has 2 rings (SSSR count). The molecular weight excluding hydrogens is 231 g/mol. The van der Waals surface area contributed by atoms with Gasteiger partial charge in [-0.3, -0.25) is 0 Å². The first-order chi connectivity index (χ1) is 7.65. The number of rotatable bonds is 2. The Labute approximate surface area is 99.0 Å². The van der Waals surface area contributed by atoms with Crippen LogP contribution in [-0.2, 0) is 0 Å². The summed E-state index contributed by atoms with van der Waals surface area (Å²) in [7, 11) is 2.07. The highest BCUT2D eigenvalue weighted by atomic mass is 35.5. The Bertz CT molecular complexity index is 366. The quantitative estimate of drug-likeness (QED) is 0.853. The number of piperazine rings is 1. The normalized spacial score (nSPS) is 18.7. The minimum absolute atomic E-state index is 0.231. The second-order valence-electron chi connectivity index (χ2n) is 3.89. The second-order valence-corrected chi connectivity index (χ2v) is 4.32. The minimum atomic E-state index is -0.425. The maximum Gasteiger partial charge on any atom is 0.176 e. The van der Waals surface area contributed by atoms with Crippen LogP contribution in [0.4, 0.5) is 10.2 Å². The van der Waals surface area contributed by atoms with E-state index in [0.29, 0.717) is 5.02 Å². The van der Waals surface area contributed by atoms with Crippen molar-refractivity contribution < 1.29 is 4.39 Å². The fourth-order valence-corrected chi connectivity index (χ4v) is 1.71. The molecule has 0 saturated carbocycles. The molecule has 0 aliphatic carbocycles. The van der Waals surface area contributed by atoms with E-state index in [4.69, 9.17) is 11.6 Å². The molecule has 1 fully saturated rings. The lowest BCUT2D eigenvalue weighted by molar-refractivity contribution is 0.178. The molecule has 1 N–H and O–H groups in total. The van der Waals surface area contributed by atoms with Gasteiger partial charge in [-0.15, -0.1) is 0 Å². The van der Waals surface area contributed by atoms with Crippen molar-refractivity contribution in [3.63, 3.8) is 0 Å². The molecule has 16 heavy (non-hydrogen) atoms. The third-order valence-electron chi connectivity index (χ3n) is 2.58. The maximum atomic E-state index is 13.4. The summed E-state index contributed by atoms with van der Waals surface area (Å²) in [6.45, 7) is 3.62. The SMILES string of the molecule is CN1CCN(Nc2ncc(Cl)cc2F)CC1. The van der Waals surface area contributed by atoms with Crippen molar-refractivity contribution in [2.75, 3.05) is 38.7 Å². The molecule has 0 spiro atoms. The predicted octanol–water partition coefficient (Wildman–Crippen LogP) is 1.45. The number of likely N-dealkylation sites (N-methyl/N-ethyl adjacent to an activating group) is 1. The van der Waals surface area contributed by atoms with Gasteiger partial charge in [0, 0.05) is 32.4 Å². The average Bonchev–Trinajstić information content (AvgIpc) is 2.25. The number of nitrogens with one attached hydrogen (secondary N) is 1. The second kappa shape index (κ2) is 4.95. The molecular formula is C10H14ClFN4. The average molecular weight is 245 g/mol. The first-order valence-corrected chi connectivity index (χ1v) is 5.54. The lowest BCUT2D eigenvalue weighted by Crippen LogP contribution is -2.47. The standard InChI is InChI=1S/C10H14ClFN4/c1-15-2-4-16(5-3-15)14-10-9(12)6-8(11)7-13-10/h6-7H,2-5H2,1H3,(H,13,14). The summed E-state index contributed by atoms with van der Waals surface area (Å²) in [5.41, 5.74) is 2.96. The van der Waals surface area contributed by atoms with Gasteiger partial charge in [0.1, 0.15) is 0 Å². The van der Waals surface area contributed by atoms with E-state index in [-0.39, 0.29) is 5.82 Å². The lowest BCUT2D eigenvalue weighted by Gasteiger charge is -2.32. The van der Waals surface area contributed by atoms with Crippen LogP contribution in [-0.4, -0.2) is 48.1 Å². The van der Waals surface area contributed by atoms with Crippen molar-refractivity contribution >= 4 is 17.4 Å². The Morgan fingerprint density at radius 1 is 1.38 bits per heavy atom. The van der Waals surface area contributed by atoms with Crippen molar-refractivity contribution in [1.29, 1.82) is 0 Å². The lowest BCUT2D eigenvalue weighted by atomic mass is 10.4. The zero-order valence-electron chi connectivity index (χ0n) is 9.08. The van der Waals surface area contributed by atoms with Gasteiger partial charge in [0.15, 0.2) is 11.6 Å². The first kappa shape index (κ1) is 11.6. The summed E-state index contributed by atoms with van der Waals surface area (Å²) in [5.74, 6) is -0.194. The Morgan fingerprint density at radius 3 is 2.69 bits per heavy atom. The molecule has 2 heterocycles. The summed E-state index contributed by atoms with van der Waals surface area (Å²) < 4.78 is 13.4. The zero-order chi connectivity index (χ0) is 11.5. The zero-order valence-corrected chi connectivity index (χ0v) is 9.84. The van der Waals surface area contributed by atoms with Crippen molar-refractivity contribution in [2.24, 2.45) is 0 Å². The molecule has 1 aromatic heterocycles. The number of pyridine rings is 1. The van der Waals surface area contributed by atoms with E-state index in [1.807, 2.05) is 5.01 Å². The number of nitrogens with zero attached hydrogens (tertiary/aromatic N) is 3. The summed E-state index contributed by atoms with van der Waals surface area (Å²) in [6, 6.07) is 1.26. The van der Waals surface area contributed by atoms with Crippen LogP contribution in [0.25, 0.3) is 0 Å². The molecule has 0 atom stereocenters. The van der Waals surface area contributed by atoms with Gasteiger partial charge in [-0.25, -0.2) is 14.4 Å². The van der Waals surface area contributed by atoms with E-state index in [0.717, 1.165) is 26.2 Å². The number of anilines is 1. The van der Waals surface area contributed by atoms with E-state index in [2.05, 4.69) is 22.4 Å². The highest BCUT2D eigenvalue weighted by molar-refractivity contribution is 6.30. The third kappa shape index (κ3) is 2.81. The van der Waals surface area contributed by atoms with Crippen molar-refractivity contribution in [2.45, 2.75) is 0 Å². The van der Waals surface area contributed by atoms with Gasteiger partial charge in [0.2, 0.25) is 0 Å². The molecule has 1 saturated heterocycles. The Kier molecular flexibility index (Phi) is 3.58. The Hall–Kier alpha value is -0.910. The molecule has 0 unspecified atom stereocenters. The van der Waals surface area contributed by atoms with E-state index < -0.39 is 5.82 Å². The third-order valence-corrected chi connectivity index (χ3v) is 2.78. The predicted molar refractivity (Wildman–Crippen MR) is 61.9 cm³/mol. The summed E-state index contributed by atoms with van der Waals surface area (Å²) in [4.78, 5) is 6.14. The molecule has 0 radical (unpaired) electrons. The molecule has 88 valence electrons. The molecule has 0 aromatic carbocycles. The van der Waals surface area contributed by atoms with Crippen LogP contribution < -0.4 is 5.43 Å². The van der Waals surface area contributed by atoms with Crippen LogP contribution in [0.5, 0.6) is 0 Å². The van der Waals surface area contributed by atoms with Crippen LogP contribution in [0.15, 0.2) is 12.3 Å². The molecule has 6 heteroatoms. The topological polar surface area (TPSA) is 31.4 Å². The first-order valence-electron chi connectivity index (χ1n) is 5.16. The largest absolute Gasteiger partial charge is 0.304 e. The summed E-state index contributed by atoms with van der Waals surface area (Å²) in [5, 5.41) is 2.26. The molecule has 1 aliphatic heterocycles. The molecule has 1 aliphatic rings. The number of halogens is 2. The fourth-order valence-electron chi connectivity index (χ4n) is 1.56. The van der Waals surface area contributed by atoms with Gasteiger partial charge in [-0.2, -0.15) is 0 Å². The molecule has 0 amide bonds. The number of hydrogen-bond donors (Lipinski definition) is 1. The monoisotopic (exact) mass is 244 g/mol. The highest BCUT2D eigenvalue weighted by Crippen LogP contribution is 2.16. The smallest absolute Gasteiger partial charge is 0.176 e. The number of hydrogen-bond acceptors (Lipinski definition) is 4. The van der Waals surface area contributed by atoms with E-state index >= 15 is 0 Å². The van der Waals surface area contributed by atoms with Crippen LogP contribution in [0.3, 0.4) is 0 Å². The highest BCUT2D eigenvalue weighted by Gasteiger charge is 2.15. The van der Waals surface area contributed by atoms with Crippen molar-refractivity contribution in [3.05, 3.63) is 23.1 Å². The number of hydrazine groups is 1. The van der Waals surface area contributed by atoms with Gasteiger partial charge in [-0.05, 0) is 13.1 Å². The minimum Gasteiger partial charge on any atom is -0.304 e. The maximum absolute atomic E-state index is 13.4. The van der Waals surface area contributed by atoms with Crippen LogP contribution in [0.1, 0.15) is 0 Å². The van der Waals surface area contributed by atoms with Gasteiger partial charge < -0.3 is 10.3 Å². The Balaban J connectivity index is 1.98. The van der Waals surface area contributed by atoms with Crippen molar-refractivity contribution in [3.8, 4) is 0 Å². The van der Waals surface area contributed by atoms with Crippen LogP contribution in [0, 0.1) is 5.82 Å². The van der Waals surface area contributed by atoms with Crippen LogP contribution >= 0.6 is 11.6 Å². The molecule has 0 bridgehead atoms.